The molecule has 0 aliphatic carbocycles. The quantitative estimate of drug-likeness (QED) is 0.775. The molecule has 1 aromatic rings. The topological polar surface area (TPSA) is 67.3 Å². The van der Waals surface area contributed by atoms with Crippen molar-refractivity contribution in [2.75, 3.05) is 51.7 Å². The molecule has 1 atom stereocenters. The summed E-state index contributed by atoms with van der Waals surface area (Å²) < 4.78 is 14.2. The van der Waals surface area contributed by atoms with Gasteiger partial charge < -0.3 is 19.8 Å². The van der Waals surface area contributed by atoms with E-state index in [1.54, 1.807) is 43.0 Å². The molecule has 0 saturated carbocycles. The van der Waals surface area contributed by atoms with E-state index >= 15 is 0 Å². The summed E-state index contributed by atoms with van der Waals surface area (Å²) >= 11 is 0. The third kappa shape index (κ3) is 4.35. The van der Waals surface area contributed by atoms with Gasteiger partial charge in [-0.25, -0.2) is 9.18 Å². The van der Waals surface area contributed by atoms with Crippen molar-refractivity contribution >= 4 is 17.6 Å². The highest BCUT2D eigenvalue weighted by Crippen LogP contribution is 2.48. The average Bonchev–Trinajstić information content (AvgIpc) is 3.06. The number of hydrogen-bond acceptors (Lipinski definition) is 4. The van der Waals surface area contributed by atoms with Gasteiger partial charge in [0.1, 0.15) is 5.82 Å². The second-order valence-electron chi connectivity index (χ2n) is 9.91. The van der Waals surface area contributed by atoms with Crippen molar-refractivity contribution in [2.45, 2.75) is 56.6 Å². The van der Waals surface area contributed by atoms with E-state index in [4.69, 9.17) is 0 Å². The molecule has 4 rings (SSSR count). The number of aliphatic hydroxyl groups excluding tert-OH is 1. The predicted octanol–water partition coefficient (Wildman–Crippen LogP) is 2.42. The van der Waals surface area contributed by atoms with Crippen molar-refractivity contribution in [3.05, 3.63) is 29.6 Å². The second-order valence-corrected chi connectivity index (χ2v) is 9.91. The van der Waals surface area contributed by atoms with Crippen LogP contribution in [0.3, 0.4) is 0 Å². The lowest BCUT2D eigenvalue weighted by molar-refractivity contribution is -0.134. The Morgan fingerprint density at radius 2 is 1.84 bits per heavy atom. The summed E-state index contributed by atoms with van der Waals surface area (Å²) in [7, 11) is 3.49. The summed E-state index contributed by atoms with van der Waals surface area (Å²) in [6, 6.07) is 5.19. The number of amides is 3. The lowest BCUT2D eigenvalue weighted by atomic mass is 9.74. The lowest BCUT2D eigenvalue weighted by Crippen LogP contribution is -2.53. The summed E-state index contributed by atoms with van der Waals surface area (Å²) in [6.07, 6.45) is 3.25. The molecule has 0 unspecified atom stereocenters. The number of nitrogens with zero attached hydrogens (tertiary/aromatic N) is 4. The molecule has 3 aliphatic rings. The van der Waals surface area contributed by atoms with E-state index in [-0.39, 0.29) is 29.6 Å². The Morgan fingerprint density at radius 1 is 1.19 bits per heavy atom. The zero-order chi connectivity index (χ0) is 23.0. The summed E-state index contributed by atoms with van der Waals surface area (Å²) in [5.41, 5.74) is 1.60. The number of likely N-dealkylation sites (tertiary alicyclic amines) is 2. The van der Waals surface area contributed by atoms with Crippen molar-refractivity contribution in [3.63, 3.8) is 0 Å². The molecule has 2 fully saturated rings. The minimum atomic E-state index is -0.600. The summed E-state index contributed by atoms with van der Waals surface area (Å²) in [4.78, 5) is 32.8. The molecule has 3 heterocycles. The van der Waals surface area contributed by atoms with Gasteiger partial charge in [0, 0.05) is 50.9 Å². The Bertz CT molecular complexity index is 859. The molecule has 1 aromatic carbocycles. The van der Waals surface area contributed by atoms with Gasteiger partial charge in [-0.15, -0.1) is 0 Å². The van der Waals surface area contributed by atoms with Crippen LogP contribution in [0.1, 0.15) is 44.6 Å². The fourth-order valence-corrected chi connectivity index (χ4v) is 5.66. The first kappa shape index (κ1) is 23.0. The zero-order valence-electron chi connectivity index (χ0n) is 19.4. The van der Waals surface area contributed by atoms with Crippen molar-refractivity contribution in [2.24, 2.45) is 0 Å². The number of urea groups is 1. The number of aliphatic hydroxyl groups is 1. The number of anilines is 1. The Labute approximate surface area is 189 Å². The predicted molar refractivity (Wildman–Crippen MR) is 121 cm³/mol. The molecule has 0 radical (unpaired) electrons. The zero-order valence-corrected chi connectivity index (χ0v) is 19.4. The Kier molecular flexibility index (Phi) is 6.45. The van der Waals surface area contributed by atoms with Gasteiger partial charge in [0.2, 0.25) is 5.91 Å². The van der Waals surface area contributed by atoms with E-state index in [0.717, 1.165) is 63.1 Å². The largest absolute Gasteiger partial charge is 0.393 e. The van der Waals surface area contributed by atoms with Crippen LogP contribution in [0.25, 0.3) is 0 Å². The van der Waals surface area contributed by atoms with Gasteiger partial charge in [0.15, 0.2) is 0 Å². The van der Waals surface area contributed by atoms with Gasteiger partial charge in [-0.05, 0) is 69.5 Å². The number of benzene rings is 1. The minimum absolute atomic E-state index is 0.0336. The molecule has 0 aromatic heterocycles. The van der Waals surface area contributed by atoms with Crippen LogP contribution in [0, 0.1) is 5.82 Å². The number of carbonyl (C=O) groups excluding carboxylic acids is 2. The number of carbonyl (C=O) groups is 2. The Balaban J connectivity index is 1.41. The van der Waals surface area contributed by atoms with E-state index in [2.05, 4.69) is 4.90 Å². The average molecular weight is 447 g/mol. The van der Waals surface area contributed by atoms with Crippen LogP contribution in [0.2, 0.25) is 0 Å². The van der Waals surface area contributed by atoms with Crippen LogP contribution < -0.4 is 4.90 Å². The minimum Gasteiger partial charge on any atom is -0.393 e. The molecule has 32 heavy (non-hydrogen) atoms. The molecule has 8 heteroatoms. The molecule has 2 saturated heterocycles. The molecular weight excluding hydrogens is 411 g/mol. The molecule has 176 valence electrons. The maximum Gasteiger partial charge on any atom is 0.323 e. The van der Waals surface area contributed by atoms with E-state index in [1.807, 2.05) is 4.90 Å². The lowest BCUT2D eigenvalue weighted by Gasteiger charge is -2.45. The highest BCUT2D eigenvalue weighted by molar-refractivity contribution is 5.95. The van der Waals surface area contributed by atoms with Crippen LogP contribution in [0.5, 0.6) is 0 Å². The number of rotatable bonds is 3. The van der Waals surface area contributed by atoms with Crippen LogP contribution in [0.4, 0.5) is 14.9 Å². The van der Waals surface area contributed by atoms with E-state index < -0.39 is 6.10 Å². The molecule has 1 spiro atoms. The van der Waals surface area contributed by atoms with E-state index in [0.29, 0.717) is 12.6 Å². The summed E-state index contributed by atoms with van der Waals surface area (Å²) in [5.74, 6) is -0.217. The van der Waals surface area contributed by atoms with Crippen LogP contribution in [0.15, 0.2) is 18.2 Å². The van der Waals surface area contributed by atoms with Gasteiger partial charge in [0.25, 0.3) is 0 Å². The SMILES string of the molecule is C[C@H](O)CC(=O)N1CCC(N2CCC3(CC2)CN(C(=O)N(C)C)c2ccc(F)cc23)CC1. The molecule has 3 amide bonds. The van der Waals surface area contributed by atoms with E-state index in [1.165, 1.54) is 6.07 Å². The van der Waals surface area contributed by atoms with Gasteiger partial charge in [-0.3, -0.25) is 9.69 Å². The second kappa shape index (κ2) is 8.98. The fourth-order valence-electron chi connectivity index (χ4n) is 5.66. The van der Waals surface area contributed by atoms with Crippen molar-refractivity contribution < 1.29 is 19.1 Å². The first-order valence-electron chi connectivity index (χ1n) is 11.7. The molecule has 1 N–H and O–H groups in total. The van der Waals surface area contributed by atoms with Crippen LogP contribution >= 0.6 is 0 Å². The third-order valence-electron chi connectivity index (χ3n) is 7.45. The number of hydrogen-bond donors (Lipinski definition) is 1. The molecule has 7 nitrogen and oxygen atoms in total. The summed E-state index contributed by atoms with van der Waals surface area (Å²) in [6.45, 7) is 5.53. The standard InChI is InChI=1S/C24H35FN4O3/c1-17(30)14-22(31)28-10-6-19(7-11-28)27-12-8-24(9-13-27)16-29(23(32)26(2)3)21-5-4-18(25)15-20(21)24/h4-5,15,17,19,30H,6-14,16H2,1-3H3/t17-/m0/s1. The van der Waals surface area contributed by atoms with Gasteiger partial charge in [-0.2, -0.15) is 0 Å². The van der Waals surface area contributed by atoms with Crippen molar-refractivity contribution in [1.82, 2.24) is 14.7 Å². The number of halogens is 1. The highest BCUT2D eigenvalue weighted by Gasteiger charge is 2.47. The Morgan fingerprint density at radius 3 is 2.44 bits per heavy atom. The number of piperidine rings is 2. The van der Waals surface area contributed by atoms with Gasteiger partial charge in [-0.1, -0.05) is 0 Å². The smallest absolute Gasteiger partial charge is 0.323 e. The molecule has 0 bridgehead atoms. The van der Waals surface area contributed by atoms with Gasteiger partial charge >= 0.3 is 6.03 Å². The van der Waals surface area contributed by atoms with Crippen LogP contribution in [-0.2, 0) is 10.2 Å². The van der Waals surface area contributed by atoms with Crippen LogP contribution in [-0.4, -0.2) is 90.7 Å². The maximum atomic E-state index is 14.2. The van der Waals surface area contributed by atoms with Crippen molar-refractivity contribution in [3.8, 4) is 0 Å². The first-order valence-corrected chi connectivity index (χ1v) is 11.7. The van der Waals surface area contributed by atoms with Crippen molar-refractivity contribution in [1.29, 1.82) is 0 Å². The Hall–Kier alpha value is -2.19. The van der Waals surface area contributed by atoms with E-state index in [9.17, 15) is 19.1 Å². The highest BCUT2D eigenvalue weighted by atomic mass is 19.1. The molecule has 3 aliphatic heterocycles. The number of fused-ring (bicyclic) bond motifs is 2. The molecular formula is C24H35FN4O3. The fraction of sp³-hybridized carbons (Fsp3) is 0.667. The summed E-state index contributed by atoms with van der Waals surface area (Å²) in [5, 5.41) is 9.47. The third-order valence-corrected chi connectivity index (χ3v) is 7.45. The normalized spacial score (nSPS) is 22.2. The maximum absolute atomic E-state index is 14.2. The first-order chi connectivity index (χ1) is 15.2. The monoisotopic (exact) mass is 446 g/mol. The van der Waals surface area contributed by atoms with Gasteiger partial charge in [0.05, 0.1) is 12.5 Å².